The van der Waals surface area contributed by atoms with Crippen LogP contribution in [0, 0.1) is 5.92 Å². The first kappa shape index (κ1) is 12.2. The third kappa shape index (κ3) is 2.37. The molecule has 0 radical (unpaired) electrons. The molecule has 1 aliphatic rings. The van der Waals surface area contributed by atoms with E-state index in [1.165, 1.54) is 11.8 Å². The van der Waals surface area contributed by atoms with E-state index in [0.29, 0.717) is 0 Å². The van der Waals surface area contributed by atoms with Crippen LogP contribution < -0.4 is 10.5 Å². The van der Waals surface area contributed by atoms with Gasteiger partial charge in [-0.2, -0.15) is 0 Å². The van der Waals surface area contributed by atoms with E-state index in [1.54, 1.807) is 14.0 Å². The molecule has 1 aliphatic heterocycles. The lowest BCUT2D eigenvalue weighted by Gasteiger charge is -2.16. The molecule has 0 aliphatic carbocycles. The highest BCUT2D eigenvalue weighted by atomic mass is 32.2. The van der Waals surface area contributed by atoms with E-state index < -0.39 is 0 Å². The van der Waals surface area contributed by atoms with Gasteiger partial charge in [0.05, 0.1) is 18.4 Å². The minimum atomic E-state index is -0.201. The molecule has 2 atom stereocenters. The predicted octanol–water partition coefficient (Wildman–Crippen LogP) is 2.27. The molecule has 2 unspecified atom stereocenters. The summed E-state index contributed by atoms with van der Waals surface area (Å²) in [7, 11) is 1.63. The number of hydrogen-bond acceptors (Lipinski definition) is 4. The highest BCUT2D eigenvalue weighted by Crippen LogP contribution is 2.39. The zero-order valence-corrected chi connectivity index (χ0v) is 10.7. The maximum atomic E-state index is 11.6. The molecule has 2 N–H and O–H groups in total. The summed E-state index contributed by atoms with van der Waals surface area (Å²) in [6, 6.07) is 7.70. The number of nitrogens with two attached hydrogens (primary N) is 1. The van der Waals surface area contributed by atoms with Gasteiger partial charge in [-0.25, -0.2) is 0 Å². The summed E-state index contributed by atoms with van der Waals surface area (Å²) in [5.74, 6) is 0.724. The molecule has 4 heteroatoms. The second-order valence-corrected chi connectivity index (χ2v) is 5.04. The van der Waals surface area contributed by atoms with Crippen molar-refractivity contribution in [2.24, 2.45) is 11.7 Å². The summed E-state index contributed by atoms with van der Waals surface area (Å²) in [5, 5.41) is 1.82. The topological polar surface area (TPSA) is 52.3 Å². The van der Waals surface area contributed by atoms with Crippen LogP contribution in [0.3, 0.4) is 0 Å². The summed E-state index contributed by atoms with van der Waals surface area (Å²) in [6.07, 6.45) is 0. The van der Waals surface area contributed by atoms with Crippen LogP contribution >= 0.6 is 11.8 Å². The van der Waals surface area contributed by atoms with Crippen molar-refractivity contribution < 1.29 is 9.53 Å². The van der Waals surface area contributed by atoms with Crippen molar-refractivity contribution in [3.63, 3.8) is 0 Å². The van der Waals surface area contributed by atoms with Gasteiger partial charge >= 0.3 is 0 Å². The monoisotopic (exact) mass is 249 g/mol. The van der Waals surface area contributed by atoms with Crippen LogP contribution in [0.25, 0.3) is 5.57 Å². The SMILES string of the molecule is COc1ccc(C2=CSC(N)C2C(C)=O)cc1. The zero-order valence-electron chi connectivity index (χ0n) is 9.84. The molecule has 0 fully saturated rings. The Balaban J connectivity index is 2.29. The highest BCUT2D eigenvalue weighted by molar-refractivity contribution is 8.03. The fourth-order valence-electron chi connectivity index (χ4n) is 1.96. The summed E-state index contributed by atoms with van der Waals surface area (Å²) < 4.78 is 5.11. The molecule has 17 heavy (non-hydrogen) atoms. The third-order valence-electron chi connectivity index (χ3n) is 2.88. The lowest BCUT2D eigenvalue weighted by atomic mass is 9.91. The van der Waals surface area contributed by atoms with Gasteiger partial charge in [0.1, 0.15) is 11.5 Å². The molecule has 90 valence electrons. The molecule has 0 amide bonds. The van der Waals surface area contributed by atoms with E-state index in [9.17, 15) is 4.79 Å². The van der Waals surface area contributed by atoms with Crippen molar-refractivity contribution in [2.45, 2.75) is 12.3 Å². The first-order valence-electron chi connectivity index (χ1n) is 5.39. The van der Waals surface area contributed by atoms with Gasteiger partial charge in [-0.1, -0.05) is 12.1 Å². The number of carbonyl (C=O) groups is 1. The average molecular weight is 249 g/mol. The van der Waals surface area contributed by atoms with Gasteiger partial charge in [-0.3, -0.25) is 4.79 Å². The second-order valence-electron chi connectivity index (χ2n) is 3.99. The average Bonchev–Trinajstić information content (AvgIpc) is 2.71. The Hall–Kier alpha value is -1.26. The standard InChI is InChI=1S/C13H15NO2S/c1-8(15)12-11(7-17-13(12)14)9-3-5-10(16-2)6-4-9/h3-7,12-13H,14H2,1-2H3. The smallest absolute Gasteiger partial charge is 0.139 e. The van der Waals surface area contributed by atoms with Crippen molar-refractivity contribution in [3.8, 4) is 5.75 Å². The normalized spacial score (nSPS) is 23.4. The van der Waals surface area contributed by atoms with Gasteiger partial charge in [-0.15, -0.1) is 11.8 Å². The van der Waals surface area contributed by atoms with E-state index in [2.05, 4.69) is 0 Å². The van der Waals surface area contributed by atoms with Crippen LogP contribution in [0.1, 0.15) is 12.5 Å². The number of ketones is 1. The van der Waals surface area contributed by atoms with Gasteiger partial charge in [0.15, 0.2) is 0 Å². The number of thioether (sulfide) groups is 1. The molecular formula is C13H15NO2S. The van der Waals surface area contributed by atoms with Crippen molar-refractivity contribution >= 4 is 23.1 Å². The number of hydrogen-bond donors (Lipinski definition) is 1. The van der Waals surface area contributed by atoms with Crippen molar-refractivity contribution in [3.05, 3.63) is 35.2 Å². The summed E-state index contributed by atoms with van der Waals surface area (Å²) >= 11 is 1.51. The molecule has 3 nitrogen and oxygen atoms in total. The summed E-state index contributed by atoms with van der Waals surface area (Å²) in [6.45, 7) is 1.59. The van der Waals surface area contributed by atoms with Crippen molar-refractivity contribution in [2.75, 3.05) is 7.11 Å². The molecule has 1 aromatic carbocycles. The van der Waals surface area contributed by atoms with Crippen molar-refractivity contribution in [1.82, 2.24) is 0 Å². The third-order valence-corrected chi connectivity index (χ3v) is 3.85. The van der Waals surface area contributed by atoms with Gasteiger partial charge in [0.2, 0.25) is 0 Å². The molecular weight excluding hydrogens is 234 g/mol. The lowest BCUT2D eigenvalue weighted by molar-refractivity contribution is -0.119. The van der Waals surface area contributed by atoms with E-state index in [4.69, 9.17) is 10.5 Å². The number of rotatable bonds is 3. The van der Waals surface area contributed by atoms with Crippen LogP contribution in [0.2, 0.25) is 0 Å². The minimum absolute atomic E-state index is 0.115. The molecule has 0 saturated heterocycles. The summed E-state index contributed by atoms with van der Waals surface area (Å²) in [4.78, 5) is 11.6. The largest absolute Gasteiger partial charge is 0.497 e. The fraction of sp³-hybridized carbons (Fsp3) is 0.308. The number of carbonyl (C=O) groups excluding carboxylic acids is 1. The molecule has 0 spiro atoms. The van der Waals surface area contributed by atoms with Crippen LogP contribution in [0.5, 0.6) is 5.75 Å². The lowest BCUT2D eigenvalue weighted by Crippen LogP contribution is -2.29. The number of benzene rings is 1. The van der Waals surface area contributed by atoms with E-state index in [-0.39, 0.29) is 17.1 Å². The quantitative estimate of drug-likeness (QED) is 0.893. The fourth-order valence-corrected chi connectivity index (χ4v) is 3.04. The number of ether oxygens (including phenoxy) is 1. The van der Waals surface area contributed by atoms with Crippen molar-refractivity contribution in [1.29, 1.82) is 0 Å². The van der Waals surface area contributed by atoms with Crippen LogP contribution in [0.4, 0.5) is 0 Å². The Morgan fingerprint density at radius 1 is 1.35 bits per heavy atom. The maximum absolute atomic E-state index is 11.6. The first-order valence-corrected chi connectivity index (χ1v) is 6.33. The van der Waals surface area contributed by atoms with Gasteiger partial charge < -0.3 is 10.5 Å². The van der Waals surface area contributed by atoms with E-state index >= 15 is 0 Å². The highest BCUT2D eigenvalue weighted by Gasteiger charge is 2.32. The molecule has 2 rings (SSSR count). The Kier molecular flexibility index (Phi) is 3.54. The number of Topliss-reactive ketones (excluding diaryl/α,β-unsaturated/α-hetero) is 1. The molecule has 0 saturated carbocycles. The van der Waals surface area contributed by atoms with Crippen LogP contribution in [-0.2, 0) is 4.79 Å². The Labute approximate surface area is 105 Å². The molecule has 0 bridgehead atoms. The predicted molar refractivity (Wildman–Crippen MR) is 70.7 cm³/mol. The Morgan fingerprint density at radius 3 is 2.53 bits per heavy atom. The number of methoxy groups -OCH3 is 1. The van der Waals surface area contributed by atoms with Gasteiger partial charge in [0.25, 0.3) is 0 Å². The minimum Gasteiger partial charge on any atom is -0.497 e. The Bertz CT molecular complexity index is 453. The molecule has 0 aromatic heterocycles. The molecule has 1 aromatic rings. The second kappa shape index (κ2) is 4.94. The first-order chi connectivity index (χ1) is 8.13. The van der Waals surface area contributed by atoms with Crippen LogP contribution in [0.15, 0.2) is 29.7 Å². The van der Waals surface area contributed by atoms with Crippen LogP contribution in [-0.4, -0.2) is 18.3 Å². The zero-order chi connectivity index (χ0) is 12.4. The van der Waals surface area contributed by atoms with Gasteiger partial charge in [0, 0.05) is 0 Å². The molecule has 1 heterocycles. The van der Waals surface area contributed by atoms with E-state index in [1.807, 2.05) is 29.7 Å². The van der Waals surface area contributed by atoms with Gasteiger partial charge in [-0.05, 0) is 35.6 Å². The summed E-state index contributed by atoms with van der Waals surface area (Å²) in [5.41, 5.74) is 7.97. The maximum Gasteiger partial charge on any atom is 0.139 e. The van der Waals surface area contributed by atoms with E-state index in [0.717, 1.165) is 16.9 Å². The Morgan fingerprint density at radius 2 is 2.00 bits per heavy atom.